The van der Waals surface area contributed by atoms with Crippen molar-refractivity contribution in [2.45, 2.75) is 23.7 Å². The number of halogens is 1. The third kappa shape index (κ3) is 3.81. The molecule has 1 unspecified atom stereocenters. The first-order valence-corrected chi connectivity index (χ1v) is 9.45. The largest absolute Gasteiger partial charge is 0.495 e. The molecule has 20 heavy (non-hydrogen) atoms. The molecule has 0 N–H and O–H groups in total. The first kappa shape index (κ1) is 17.6. The van der Waals surface area contributed by atoms with Gasteiger partial charge in [0.25, 0.3) is 0 Å². The van der Waals surface area contributed by atoms with Crippen LogP contribution < -0.4 is 4.74 Å². The van der Waals surface area contributed by atoms with Crippen LogP contribution in [0.2, 0.25) is 0 Å². The van der Waals surface area contributed by atoms with Gasteiger partial charge in [0.15, 0.2) is 0 Å². The number of thioether (sulfide) groups is 1. The highest BCUT2D eigenvalue weighted by molar-refractivity contribution is 7.98. The van der Waals surface area contributed by atoms with Gasteiger partial charge in [-0.25, -0.2) is 8.42 Å². The van der Waals surface area contributed by atoms with Crippen LogP contribution in [0.5, 0.6) is 5.75 Å². The molecule has 0 aliphatic heterocycles. The van der Waals surface area contributed by atoms with E-state index in [2.05, 4.69) is 0 Å². The number of ether oxygens (including phenoxy) is 1. The van der Waals surface area contributed by atoms with E-state index < -0.39 is 10.0 Å². The SMILES string of the molecule is COc1cc(CCl)ccc1S(=O)(=O)N(C)C(C)CSC. The van der Waals surface area contributed by atoms with Crippen molar-refractivity contribution in [1.82, 2.24) is 4.31 Å². The molecule has 0 saturated heterocycles. The number of alkyl halides is 1. The minimum absolute atomic E-state index is 0.0904. The Morgan fingerprint density at radius 1 is 1.45 bits per heavy atom. The molecular formula is C13H20ClNO3S2. The van der Waals surface area contributed by atoms with Crippen LogP contribution in [0.3, 0.4) is 0 Å². The molecule has 114 valence electrons. The molecule has 7 heteroatoms. The molecule has 0 aliphatic rings. The van der Waals surface area contributed by atoms with Gasteiger partial charge in [-0.15, -0.1) is 11.6 Å². The Hall–Kier alpha value is -0.430. The third-order valence-corrected chi connectivity index (χ3v) is 6.20. The second-order valence-corrected chi connectivity index (χ2v) is 7.59. The highest BCUT2D eigenvalue weighted by Crippen LogP contribution is 2.29. The van der Waals surface area contributed by atoms with E-state index in [0.717, 1.165) is 11.3 Å². The minimum atomic E-state index is -3.58. The van der Waals surface area contributed by atoms with Crippen molar-refractivity contribution in [1.29, 1.82) is 0 Å². The second kappa shape index (κ2) is 7.54. The number of sulfonamides is 1. The van der Waals surface area contributed by atoms with Gasteiger partial charge in [-0.05, 0) is 30.9 Å². The van der Waals surface area contributed by atoms with Crippen LogP contribution >= 0.6 is 23.4 Å². The third-order valence-electron chi connectivity index (χ3n) is 3.07. The summed E-state index contributed by atoms with van der Waals surface area (Å²) < 4.78 is 31.8. The number of benzene rings is 1. The quantitative estimate of drug-likeness (QED) is 0.718. The van der Waals surface area contributed by atoms with Crippen molar-refractivity contribution in [3.8, 4) is 5.75 Å². The van der Waals surface area contributed by atoms with Crippen LogP contribution in [0, 0.1) is 0 Å². The number of hydrogen-bond donors (Lipinski definition) is 0. The fourth-order valence-electron chi connectivity index (χ4n) is 1.75. The van der Waals surface area contributed by atoms with Gasteiger partial charge in [-0.1, -0.05) is 6.07 Å². The molecule has 0 aromatic heterocycles. The summed E-state index contributed by atoms with van der Waals surface area (Å²) >= 11 is 7.37. The molecule has 0 aliphatic carbocycles. The van der Waals surface area contributed by atoms with Crippen molar-refractivity contribution in [2.75, 3.05) is 26.2 Å². The van der Waals surface area contributed by atoms with Crippen LogP contribution in [-0.2, 0) is 15.9 Å². The first-order chi connectivity index (χ1) is 9.38. The lowest BCUT2D eigenvalue weighted by Gasteiger charge is -2.24. The van der Waals surface area contributed by atoms with Crippen molar-refractivity contribution in [3.63, 3.8) is 0 Å². The Morgan fingerprint density at radius 2 is 2.10 bits per heavy atom. The maximum atomic E-state index is 12.6. The van der Waals surface area contributed by atoms with Crippen LogP contribution in [0.15, 0.2) is 23.1 Å². The molecule has 1 rings (SSSR count). The van der Waals surface area contributed by atoms with E-state index in [4.69, 9.17) is 16.3 Å². The van der Waals surface area contributed by atoms with Crippen molar-refractivity contribution >= 4 is 33.4 Å². The van der Waals surface area contributed by atoms with E-state index in [1.54, 1.807) is 37.0 Å². The lowest BCUT2D eigenvalue weighted by atomic mass is 10.2. The zero-order valence-electron chi connectivity index (χ0n) is 12.1. The number of rotatable bonds is 7. The van der Waals surface area contributed by atoms with Gasteiger partial charge >= 0.3 is 0 Å². The Labute approximate surface area is 130 Å². The number of methoxy groups -OCH3 is 1. The summed E-state index contributed by atoms with van der Waals surface area (Å²) in [5.41, 5.74) is 0.822. The number of hydrogen-bond acceptors (Lipinski definition) is 4. The van der Waals surface area contributed by atoms with Gasteiger partial charge in [0.1, 0.15) is 10.6 Å². The summed E-state index contributed by atoms with van der Waals surface area (Å²) in [5.74, 6) is 1.37. The summed E-state index contributed by atoms with van der Waals surface area (Å²) in [6.45, 7) is 1.88. The fraction of sp³-hybridized carbons (Fsp3) is 0.538. The summed E-state index contributed by atoms with van der Waals surface area (Å²) in [6, 6.07) is 4.82. The first-order valence-electron chi connectivity index (χ1n) is 6.08. The van der Waals surface area contributed by atoms with E-state index in [-0.39, 0.29) is 10.9 Å². The second-order valence-electron chi connectivity index (χ2n) is 4.44. The highest BCUT2D eigenvalue weighted by Gasteiger charge is 2.28. The summed E-state index contributed by atoms with van der Waals surface area (Å²) in [6.07, 6.45) is 1.95. The van der Waals surface area contributed by atoms with Crippen molar-refractivity contribution in [3.05, 3.63) is 23.8 Å². The van der Waals surface area contributed by atoms with Crippen LogP contribution in [-0.4, -0.2) is 44.9 Å². The predicted octanol–water partition coefficient (Wildman–Crippen LogP) is 2.81. The molecule has 0 saturated carbocycles. The Morgan fingerprint density at radius 3 is 2.60 bits per heavy atom. The zero-order valence-corrected chi connectivity index (χ0v) is 14.5. The van der Waals surface area contributed by atoms with Gasteiger partial charge in [0.05, 0.1) is 7.11 Å². The Kier molecular flexibility index (Phi) is 6.64. The van der Waals surface area contributed by atoms with Gasteiger partial charge in [0, 0.05) is 24.7 Å². The van der Waals surface area contributed by atoms with E-state index in [1.807, 2.05) is 13.2 Å². The fourth-order valence-corrected chi connectivity index (χ4v) is 4.21. The Bertz CT molecular complexity index is 549. The lowest BCUT2D eigenvalue weighted by Crippen LogP contribution is -2.36. The molecule has 4 nitrogen and oxygen atoms in total. The molecule has 1 atom stereocenters. The van der Waals surface area contributed by atoms with Crippen LogP contribution in [0.4, 0.5) is 0 Å². The summed E-state index contributed by atoms with van der Waals surface area (Å²) in [7, 11) is -0.532. The molecule has 0 amide bonds. The minimum Gasteiger partial charge on any atom is -0.495 e. The van der Waals surface area contributed by atoms with E-state index in [1.165, 1.54) is 11.4 Å². The molecule has 0 radical (unpaired) electrons. The Balaban J connectivity index is 3.21. The molecule has 1 aromatic rings. The van der Waals surface area contributed by atoms with Crippen LogP contribution in [0.25, 0.3) is 0 Å². The average Bonchev–Trinajstić information content (AvgIpc) is 2.45. The van der Waals surface area contributed by atoms with Crippen molar-refractivity contribution < 1.29 is 13.2 Å². The molecule has 0 spiro atoms. The van der Waals surface area contributed by atoms with Gasteiger partial charge in [-0.2, -0.15) is 16.1 Å². The summed E-state index contributed by atoms with van der Waals surface area (Å²) in [5, 5.41) is 0. The molecule has 0 bridgehead atoms. The number of nitrogens with zero attached hydrogens (tertiary/aromatic N) is 1. The average molecular weight is 338 g/mol. The maximum Gasteiger partial charge on any atom is 0.246 e. The van der Waals surface area contributed by atoms with E-state index in [0.29, 0.717) is 11.6 Å². The highest BCUT2D eigenvalue weighted by atomic mass is 35.5. The normalized spacial score (nSPS) is 13.5. The topological polar surface area (TPSA) is 46.6 Å². The van der Waals surface area contributed by atoms with Gasteiger partial charge in [-0.3, -0.25) is 0 Å². The molecular weight excluding hydrogens is 318 g/mol. The lowest BCUT2D eigenvalue weighted by molar-refractivity contribution is 0.389. The van der Waals surface area contributed by atoms with Gasteiger partial charge < -0.3 is 4.74 Å². The molecule has 0 heterocycles. The van der Waals surface area contributed by atoms with E-state index >= 15 is 0 Å². The summed E-state index contributed by atoms with van der Waals surface area (Å²) in [4.78, 5) is 0.171. The maximum absolute atomic E-state index is 12.6. The standard InChI is InChI=1S/C13H20ClNO3S2/c1-10(9-19-4)15(2)20(16,17)13-6-5-11(8-14)7-12(13)18-3/h5-7,10H,8-9H2,1-4H3. The smallest absolute Gasteiger partial charge is 0.246 e. The van der Waals surface area contributed by atoms with Crippen LogP contribution in [0.1, 0.15) is 12.5 Å². The van der Waals surface area contributed by atoms with E-state index in [9.17, 15) is 8.42 Å². The predicted molar refractivity (Wildman–Crippen MR) is 85.3 cm³/mol. The van der Waals surface area contributed by atoms with Crippen molar-refractivity contribution in [2.24, 2.45) is 0 Å². The van der Waals surface area contributed by atoms with Gasteiger partial charge in [0.2, 0.25) is 10.0 Å². The molecule has 0 fully saturated rings. The zero-order chi connectivity index (χ0) is 15.3. The monoisotopic (exact) mass is 337 g/mol. The molecule has 1 aromatic carbocycles.